The second-order valence-electron chi connectivity index (χ2n) is 12.3. The van der Waals surface area contributed by atoms with Gasteiger partial charge in [0.1, 0.15) is 5.52 Å². The van der Waals surface area contributed by atoms with Crippen molar-refractivity contribution in [1.29, 1.82) is 0 Å². The van der Waals surface area contributed by atoms with Crippen LogP contribution < -0.4 is 10.2 Å². The molecule has 3 aromatic rings. The number of nitrogens with one attached hydrogen (secondary N) is 1. The maximum atomic E-state index is 13.3. The maximum absolute atomic E-state index is 13.3. The Labute approximate surface area is 243 Å². The van der Waals surface area contributed by atoms with Gasteiger partial charge >= 0.3 is 12.1 Å². The summed E-state index contributed by atoms with van der Waals surface area (Å²) in [4.78, 5) is 28.2. The van der Waals surface area contributed by atoms with Crippen LogP contribution in [0, 0.1) is 11.8 Å². The van der Waals surface area contributed by atoms with E-state index in [0.717, 1.165) is 50.8 Å². The Kier molecular flexibility index (Phi) is 8.02. The minimum Gasteiger partial charge on any atom is -0.475 e. The summed E-state index contributed by atoms with van der Waals surface area (Å²) in [6.07, 6.45) is 8.22. The van der Waals surface area contributed by atoms with E-state index in [0.29, 0.717) is 46.4 Å². The number of nitrogens with zero attached hydrogens (tertiary/aromatic N) is 5. The standard InChI is InChI=1S/C31H39F3N6O2/c1-19(21-10-7-11-21)35-26-25-27(37-28(36-26)29(41)42)38-30(39-17-6-5-12-24(39)22-8-3-2-4-9-22)40(25)18-20-13-15-23(16-14-20)31(32,33)34/h13-16,19,21-22,24H,2-12,17-18H2,1H3,(H,41,42)(H,35,36,37). The molecule has 2 saturated carbocycles. The summed E-state index contributed by atoms with van der Waals surface area (Å²) >= 11 is 0. The van der Waals surface area contributed by atoms with Crippen LogP contribution in [-0.2, 0) is 12.7 Å². The molecule has 8 nitrogen and oxygen atoms in total. The van der Waals surface area contributed by atoms with Crippen LogP contribution in [-0.4, -0.2) is 49.2 Å². The number of hydrogen-bond acceptors (Lipinski definition) is 6. The molecule has 3 fully saturated rings. The van der Waals surface area contributed by atoms with Gasteiger partial charge in [-0.05, 0) is 81.4 Å². The summed E-state index contributed by atoms with van der Waals surface area (Å²) in [6.45, 7) is 3.16. The number of carboxylic acid groups (broad SMARTS) is 1. The van der Waals surface area contributed by atoms with Gasteiger partial charge < -0.3 is 19.9 Å². The van der Waals surface area contributed by atoms with E-state index in [9.17, 15) is 23.1 Å². The van der Waals surface area contributed by atoms with Crippen molar-refractivity contribution in [2.45, 2.75) is 102 Å². The highest BCUT2D eigenvalue weighted by Crippen LogP contribution is 2.39. The molecule has 0 spiro atoms. The molecule has 3 aliphatic rings. The van der Waals surface area contributed by atoms with Crippen LogP contribution in [0.4, 0.5) is 24.9 Å². The number of aromatic carboxylic acids is 1. The van der Waals surface area contributed by atoms with Crippen molar-refractivity contribution in [2.75, 3.05) is 16.8 Å². The Morgan fingerprint density at radius 1 is 0.976 bits per heavy atom. The number of imidazole rings is 1. The first-order valence-electron chi connectivity index (χ1n) is 15.4. The van der Waals surface area contributed by atoms with Crippen LogP contribution in [0.2, 0.25) is 0 Å². The third-order valence-corrected chi connectivity index (χ3v) is 9.62. The summed E-state index contributed by atoms with van der Waals surface area (Å²) in [5.74, 6) is 0.569. The molecule has 1 aromatic carbocycles. The van der Waals surface area contributed by atoms with E-state index in [1.54, 1.807) is 0 Å². The molecule has 11 heteroatoms. The molecule has 1 saturated heterocycles. The normalized spacial score (nSPS) is 21.3. The quantitative estimate of drug-likeness (QED) is 0.291. The number of hydrogen-bond donors (Lipinski definition) is 2. The number of fused-ring (bicyclic) bond motifs is 1. The number of aromatic nitrogens is 4. The lowest BCUT2D eigenvalue weighted by molar-refractivity contribution is -0.137. The molecule has 226 valence electrons. The zero-order valence-corrected chi connectivity index (χ0v) is 24.0. The monoisotopic (exact) mass is 584 g/mol. The average molecular weight is 585 g/mol. The molecule has 2 unspecified atom stereocenters. The van der Waals surface area contributed by atoms with E-state index in [1.807, 2.05) is 4.57 Å². The smallest absolute Gasteiger partial charge is 0.416 e. The van der Waals surface area contributed by atoms with Gasteiger partial charge in [0.05, 0.1) is 12.1 Å². The average Bonchev–Trinajstić information content (AvgIpc) is 3.30. The van der Waals surface area contributed by atoms with Gasteiger partial charge in [-0.2, -0.15) is 18.2 Å². The summed E-state index contributed by atoms with van der Waals surface area (Å²) in [6, 6.07) is 5.60. The van der Waals surface area contributed by atoms with Crippen molar-refractivity contribution >= 4 is 28.9 Å². The van der Waals surface area contributed by atoms with Crippen LogP contribution in [0.15, 0.2) is 24.3 Å². The predicted molar refractivity (Wildman–Crippen MR) is 155 cm³/mol. The van der Waals surface area contributed by atoms with Gasteiger partial charge in [0.25, 0.3) is 0 Å². The summed E-state index contributed by atoms with van der Waals surface area (Å²) in [5.41, 5.74) is 0.881. The largest absolute Gasteiger partial charge is 0.475 e. The van der Waals surface area contributed by atoms with Crippen molar-refractivity contribution in [3.8, 4) is 0 Å². The first-order chi connectivity index (χ1) is 20.2. The van der Waals surface area contributed by atoms with Gasteiger partial charge in [-0.3, -0.25) is 0 Å². The Morgan fingerprint density at radius 2 is 1.69 bits per heavy atom. The third kappa shape index (κ3) is 5.79. The molecule has 2 aliphatic carbocycles. The predicted octanol–water partition coefficient (Wildman–Crippen LogP) is 7.13. The van der Waals surface area contributed by atoms with Crippen LogP contribution in [0.5, 0.6) is 0 Å². The minimum atomic E-state index is -4.41. The SMILES string of the molecule is CC(Nc1nc(C(=O)O)nc2nc(N3CCCCC3C3CCCCC3)n(Cc3ccc(C(F)(F)F)cc3)c12)C1CCC1. The Morgan fingerprint density at radius 3 is 2.33 bits per heavy atom. The molecule has 0 amide bonds. The van der Waals surface area contributed by atoms with Crippen LogP contribution in [0.3, 0.4) is 0 Å². The molecule has 2 aromatic heterocycles. The molecule has 2 atom stereocenters. The highest BCUT2D eigenvalue weighted by atomic mass is 19.4. The lowest BCUT2D eigenvalue weighted by Gasteiger charge is -2.42. The van der Waals surface area contributed by atoms with E-state index in [-0.39, 0.29) is 18.4 Å². The molecular weight excluding hydrogens is 545 g/mol. The Hall–Kier alpha value is -3.37. The molecule has 6 rings (SSSR count). The Balaban J connectivity index is 1.48. The van der Waals surface area contributed by atoms with E-state index in [2.05, 4.69) is 27.1 Å². The maximum Gasteiger partial charge on any atom is 0.416 e. The van der Waals surface area contributed by atoms with Crippen LogP contribution in [0.25, 0.3) is 11.2 Å². The summed E-state index contributed by atoms with van der Waals surface area (Å²) < 4.78 is 41.9. The first-order valence-corrected chi connectivity index (χ1v) is 15.4. The number of benzene rings is 1. The Bertz CT molecular complexity index is 1410. The van der Waals surface area contributed by atoms with Crippen molar-refractivity contribution in [2.24, 2.45) is 11.8 Å². The van der Waals surface area contributed by atoms with E-state index < -0.39 is 17.7 Å². The number of piperidine rings is 1. The van der Waals surface area contributed by atoms with Gasteiger partial charge in [0, 0.05) is 18.6 Å². The highest BCUT2D eigenvalue weighted by Gasteiger charge is 2.35. The zero-order valence-electron chi connectivity index (χ0n) is 24.0. The molecule has 1 aliphatic heterocycles. The van der Waals surface area contributed by atoms with Gasteiger partial charge in [-0.1, -0.05) is 37.8 Å². The van der Waals surface area contributed by atoms with E-state index in [4.69, 9.17) is 4.98 Å². The molecule has 3 heterocycles. The lowest BCUT2D eigenvalue weighted by atomic mass is 9.80. The van der Waals surface area contributed by atoms with Crippen LogP contribution in [0.1, 0.15) is 99.3 Å². The topological polar surface area (TPSA) is 96.2 Å². The number of halogens is 3. The number of alkyl halides is 3. The van der Waals surface area contributed by atoms with Gasteiger partial charge in [0.15, 0.2) is 11.5 Å². The first kappa shape index (κ1) is 28.7. The van der Waals surface area contributed by atoms with Crippen molar-refractivity contribution in [3.63, 3.8) is 0 Å². The van der Waals surface area contributed by atoms with Crippen molar-refractivity contribution in [1.82, 2.24) is 19.5 Å². The molecule has 0 bridgehead atoms. The fourth-order valence-corrected chi connectivity index (χ4v) is 7.06. The molecule has 42 heavy (non-hydrogen) atoms. The molecule has 2 N–H and O–H groups in total. The molecule has 0 radical (unpaired) electrons. The fraction of sp³-hybridized carbons (Fsp3) is 0.613. The van der Waals surface area contributed by atoms with Gasteiger partial charge in [0.2, 0.25) is 11.8 Å². The van der Waals surface area contributed by atoms with E-state index in [1.165, 1.54) is 50.7 Å². The number of rotatable bonds is 8. The third-order valence-electron chi connectivity index (χ3n) is 9.62. The van der Waals surface area contributed by atoms with E-state index >= 15 is 0 Å². The highest BCUT2D eigenvalue weighted by molar-refractivity contribution is 5.91. The van der Waals surface area contributed by atoms with Gasteiger partial charge in [-0.25, -0.2) is 14.8 Å². The minimum absolute atomic E-state index is 0.0707. The van der Waals surface area contributed by atoms with Crippen molar-refractivity contribution < 1.29 is 23.1 Å². The zero-order chi connectivity index (χ0) is 29.4. The lowest BCUT2D eigenvalue weighted by Crippen LogP contribution is -2.46. The number of carbonyl (C=O) groups is 1. The summed E-state index contributed by atoms with van der Waals surface area (Å²) in [7, 11) is 0. The second-order valence-corrected chi connectivity index (χ2v) is 12.3. The molecular formula is C31H39F3N6O2. The number of carboxylic acids is 1. The van der Waals surface area contributed by atoms with Crippen LogP contribution >= 0.6 is 0 Å². The summed E-state index contributed by atoms with van der Waals surface area (Å²) in [5, 5.41) is 13.3. The fourth-order valence-electron chi connectivity index (χ4n) is 7.06. The second kappa shape index (κ2) is 11.7. The number of anilines is 2. The van der Waals surface area contributed by atoms with Gasteiger partial charge in [-0.15, -0.1) is 0 Å². The van der Waals surface area contributed by atoms with Crippen molar-refractivity contribution in [3.05, 3.63) is 41.2 Å².